The summed E-state index contributed by atoms with van der Waals surface area (Å²) in [7, 11) is 6.12. The van der Waals surface area contributed by atoms with E-state index in [1.165, 1.54) is 0 Å². The minimum absolute atomic E-state index is 0.0308. The molecule has 0 radical (unpaired) electrons. The van der Waals surface area contributed by atoms with Gasteiger partial charge in [0, 0.05) is 44.0 Å². The van der Waals surface area contributed by atoms with E-state index in [-0.39, 0.29) is 6.04 Å². The van der Waals surface area contributed by atoms with Crippen molar-refractivity contribution in [3.63, 3.8) is 0 Å². The normalized spacial score (nSPS) is 15.3. The van der Waals surface area contributed by atoms with Gasteiger partial charge in [0.15, 0.2) is 0 Å². The summed E-state index contributed by atoms with van der Waals surface area (Å²) in [5.41, 5.74) is 7.35. The quantitative estimate of drug-likeness (QED) is 0.777. The molecular weight excluding hydrogens is 226 g/mol. The molecule has 1 heterocycles. The van der Waals surface area contributed by atoms with Crippen molar-refractivity contribution >= 4 is 0 Å². The summed E-state index contributed by atoms with van der Waals surface area (Å²) in [6.07, 6.45) is 3.85. The molecule has 18 heavy (non-hydrogen) atoms. The minimum atomic E-state index is 0.0308. The highest BCUT2D eigenvalue weighted by Gasteiger charge is 2.17. The van der Waals surface area contributed by atoms with Crippen LogP contribution < -0.4 is 5.73 Å². The number of hydrogen-bond acceptors (Lipinski definition) is 4. The number of aromatic nitrogens is 2. The Kier molecular flexibility index (Phi) is 5.78. The lowest BCUT2D eigenvalue weighted by atomic mass is 10.1. The van der Waals surface area contributed by atoms with Gasteiger partial charge in [-0.25, -0.2) is 0 Å². The number of rotatable bonds is 7. The molecule has 0 spiro atoms. The Morgan fingerprint density at radius 2 is 2.06 bits per heavy atom. The van der Waals surface area contributed by atoms with Crippen LogP contribution in [-0.2, 0) is 7.05 Å². The first-order valence-electron chi connectivity index (χ1n) is 6.57. The van der Waals surface area contributed by atoms with Gasteiger partial charge < -0.3 is 10.6 Å². The zero-order valence-corrected chi connectivity index (χ0v) is 12.3. The monoisotopic (exact) mass is 253 g/mol. The summed E-state index contributed by atoms with van der Waals surface area (Å²) < 4.78 is 1.80. The van der Waals surface area contributed by atoms with Gasteiger partial charge in [-0.05, 0) is 27.6 Å². The Morgan fingerprint density at radius 1 is 1.39 bits per heavy atom. The Labute approximate surface area is 111 Å². The molecule has 0 aliphatic rings. The molecule has 1 aromatic rings. The van der Waals surface area contributed by atoms with Crippen LogP contribution in [0.4, 0.5) is 0 Å². The van der Waals surface area contributed by atoms with Crippen LogP contribution in [0.15, 0.2) is 12.4 Å². The first-order chi connectivity index (χ1) is 8.43. The van der Waals surface area contributed by atoms with E-state index >= 15 is 0 Å². The summed E-state index contributed by atoms with van der Waals surface area (Å²) in [5.74, 6) is 0. The summed E-state index contributed by atoms with van der Waals surface area (Å²) in [5, 5.41) is 4.17. The molecular formula is C13H27N5. The molecule has 2 N–H and O–H groups in total. The lowest BCUT2D eigenvalue weighted by Gasteiger charge is -2.31. The van der Waals surface area contributed by atoms with E-state index in [1.807, 2.05) is 19.4 Å². The molecule has 0 amide bonds. The third-order valence-electron chi connectivity index (χ3n) is 3.24. The van der Waals surface area contributed by atoms with Crippen molar-refractivity contribution in [3.8, 4) is 0 Å². The fourth-order valence-corrected chi connectivity index (χ4v) is 2.25. The van der Waals surface area contributed by atoms with Crippen LogP contribution in [0, 0.1) is 0 Å². The molecule has 0 fully saturated rings. The van der Waals surface area contributed by atoms with Crippen molar-refractivity contribution in [2.24, 2.45) is 12.8 Å². The maximum absolute atomic E-state index is 6.24. The highest BCUT2D eigenvalue weighted by atomic mass is 15.2. The number of nitrogens with two attached hydrogens (primary N) is 1. The molecule has 0 bridgehead atoms. The standard InChI is InChI=1S/C13H27N5/c1-6-18(11(2)8-16(3)4)10-13(14)12-7-15-17(5)9-12/h7,9,11,13H,6,8,10,14H2,1-5H3. The summed E-state index contributed by atoms with van der Waals surface area (Å²) in [6, 6.07) is 0.538. The van der Waals surface area contributed by atoms with Gasteiger partial charge in [-0.1, -0.05) is 6.92 Å². The summed E-state index contributed by atoms with van der Waals surface area (Å²) in [4.78, 5) is 4.63. The largest absolute Gasteiger partial charge is 0.323 e. The first-order valence-corrected chi connectivity index (χ1v) is 6.57. The molecule has 2 unspecified atom stereocenters. The van der Waals surface area contributed by atoms with E-state index in [9.17, 15) is 0 Å². The second-order valence-corrected chi connectivity index (χ2v) is 5.25. The second kappa shape index (κ2) is 6.87. The van der Waals surface area contributed by atoms with E-state index in [2.05, 4.69) is 42.8 Å². The topological polar surface area (TPSA) is 50.3 Å². The maximum atomic E-state index is 6.24. The van der Waals surface area contributed by atoms with Gasteiger partial charge in [-0.3, -0.25) is 9.58 Å². The van der Waals surface area contributed by atoms with Crippen LogP contribution in [0.5, 0.6) is 0 Å². The average molecular weight is 253 g/mol. The van der Waals surface area contributed by atoms with Gasteiger partial charge >= 0.3 is 0 Å². The lowest BCUT2D eigenvalue weighted by molar-refractivity contribution is 0.172. The molecule has 5 nitrogen and oxygen atoms in total. The SMILES string of the molecule is CCN(CC(N)c1cnn(C)c1)C(C)CN(C)C. The second-order valence-electron chi connectivity index (χ2n) is 5.25. The first kappa shape index (κ1) is 15.1. The Bertz CT molecular complexity index is 347. The van der Waals surface area contributed by atoms with Gasteiger partial charge in [-0.2, -0.15) is 5.10 Å². The Balaban J connectivity index is 2.57. The number of hydrogen-bond donors (Lipinski definition) is 1. The van der Waals surface area contributed by atoms with Gasteiger partial charge in [0.1, 0.15) is 0 Å². The van der Waals surface area contributed by atoms with Crippen LogP contribution in [0.1, 0.15) is 25.5 Å². The highest BCUT2D eigenvalue weighted by Crippen LogP contribution is 2.12. The number of likely N-dealkylation sites (N-methyl/N-ethyl adjacent to an activating group) is 2. The van der Waals surface area contributed by atoms with Gasteiger partial charge in [0.05, 0.1) is 6.20 Å². The average Bonchev–Trinajstić information content (AvgIpc) is 2.71. The van der Waals surface area contributed by atoms with Gasteiger partial charge in [-0.15, -0.1) is 0 Å². The van der Waals surface area contributed by atoms with Crippen LogP contribution in [0.3, 0.4) is 0 Å². The Morgan fingerprint density at radius 3 is 2.50 bits per heavy atom. The third-order valence-corrected chi connectivity index (χ3v) is 3.24. The smallest absolute Gasteiger partial charge is 0.0537 e. The molecule has 1 rings (SSSR count). The van der Waals surface area contributed by atoms with Crippen LogP contribution >= 0.6 is 0 Å². The molecule has 0 saturated carbocycles. The van der Waals surface area contributed by atoms with E-state index in [0.29, 0.717) is 6.04 Å². The van der Waals surface area contributed by atoms with Gasteiger partial charge in [0.25, 0.3) is 0 Å². The fraction of sp³-hybridized carbons (Fsp3) is 0.769. The summed E-state index contributed by atoms with van der Waals surface area (Å²) >= 11 is 0. The molecule has 5 heteroatoms. The van der Waals surface area contributed by atoms with Crippen LogP contribution in [0.25, 0.3) is 0 Å². The van der Waals surface area contributed by atoms with Crippen molar-refractivity contribution in [1.82, 2.24) is 19.6 Å². The Hall–Kier alpha value is -0.910. The minimum Gasteiger partial charge on any atom is -0.323 e. The molecule has 2 atom stereocenters. The summed E-state index contributed by atoms with van der Waals surface area (Å²) in [6.45, 7) is 7.37. The van der Waals surface area contributed by atoms with Crippen molar-refractivity contribution in [1.29, 1.82) is 0 Å². The van der Waals surface area contributed by atoms with E-state index in [4.69, 9.17) is 5.73 Å². The predicted molar refractivity (Wildman–Crippen MR) is 75.4 cm³/mol. The van der Waals surface area contributed by atoms with Crippen molar-refractivity contribution < 1.29 is 0 Å². The molecule has 0 aromatic carbocycles. The fourth-order valence-electron chi connectivity index (χ4n) is 2.25. The molecule has 0 aliphatic carbocycles. The van der Waals surface area contributed by atoms with Crippen LogP contribution in [-0.4, -0.2) is 59.4 Å². The predicted octanol–water partition coefficient (Wildman–Crippen LogP) is 0.692. The number of nitrogens with zero attached hydrogens (tertiary/aromatic N) is 4. The third kappa shape index (κ3) is 4.40. The highest BCUT2D eigenvalue weighted by molar-refractivity contribution is 5.10. The van der Waals surface area contributed by atoms with Crippen molar-refractivity contribution in [2.45, 2.75) is 25.9 Å². The number of aryl methyl sites for hydroxylation is 1. The molecule has 0 aliphatic heterocycles. The van der Waals surface area contributed by atoms with Gasteiger partial charge in [0.2, 0.25) is 0 Å². The van der Waals surface area contributed by atoms with E-state index < -0.39 is 0 Å². The molecule has 1 aromatic heterocycles. The van der Waals surface area contributed by atoms with E-state index in [1.54, 1.807) is 4.68 Å². The molecule has 0 saturated heterocycles. The van der Waals surface area contributed by atoms with Crippen molar-refractivity contribution in [3.05, 3.63) is 18.0 Å². The van der Waals surface area contributed by atoms with Crippen molar-refractivity contribution in [2.75, 3.05) is 33.7 Å². The lowest BCUT2D eigenvalue weighted by Crippen LogP contribution is -2.43. The zero-order valence-electron chi connectivity index (χ0n) is 12.3. The maximum Gasteiger partial charge on any atom is 0.0537 e. The van der Waals surface area contributed by atoms with Crippen LogP contribution in [0.2, 0.25) is 0 Å². The molecule has 104 valence electrons. The zero-order chi connectivity index (χ0) is 13.7. The van der Waals surface area contributed by atoms with E-state index in [0.717, 1.165) is 25.2 Å².